The number of fused-ring (bicyclic) bond motifs is 1. The van der Waals surface area contributed by atoms with E-state index < -0.39 is 6.04 Å². The SMILES string of the molecule is CC1(C)[C@H](NC(=O)c2ccc(N3CCN(CCOCCCCCc4cccc5c4CN([C@H]4CCC(=O)NC4=O)C5=O)CC3)cc2)C(C)(C)[C@H]1Oc1ccc(C#N)c(Cl)c1. The second-order valence-electron chi connectivity index (χ2n) is 17.4. The van der Waals surface area contributed by atoms with Crippen molar-refractivity contribution in [1.29, 1.82) is 5.26 Å². The van der Waals surface area contributed by atoms with Gasteiger partial charge in [-0.05, 0) is 79.3 Å². The number of ether oxygens (including phenoxy) is 2. The molecular weight excluding hydrogens is 768 g/mol. The lowest BCUT2D eigenvalue weighted by atomic mass is 9.49. The number of unbranched alkanes of at least 4 members (excludes halogenated alkanes) is 2. The summed E-state index contributed by atoms with van der Waals surface area (Å²) in [5, 5.41) is 15.2. The number of carbonyl (C=O) groups is 4. The van der Waals surface area contributed by atoms with E-state index in [4.69, 9.17) is 21.1 Å². The highest BCUT2D eigenvalue weighted by Gasteiger charge is 2.64. The normalized spacial score (nSPS) is 22.3. The molecule has 2 saturated heterocycles. The third kappa shape index (κ3) is 8.98. The second-order valence-corrected chi connectivity index (χ2v) is 17.8. The number of hydrogen-bond donors (Lipinski definition) is 2. The van der Waals surface area contributed by atoms with Gasteiger partial charge in [0.25, 0.3) is 11.8 Å². The molecule has 3 fully saturated rings. The van der Waals surface area contributed by atoms with Crippen LogP contribution < -0.4 is 20.3 Å². The number of aryl methyl sites for hydroxylation is 1. The van der Waals surface area contributed by atoms with Gasteiger partial charge in [-0.2, -0.15) is 5.26 Å². The fourth-order valence-electron chi connectivity index (χ4n) is 9.74. The average Bonchev–Trinajstić information content (AvgIpc) is 3.56. The Kier molecular flexibility index (Phi) is 12.7. The first kappa shape index (κ1) is 42.2. The Bertz CT molecular complexity index is 2090. The minimum atomic E-state index is -0.596. The molecule has 0 unspecified atom stereocenters. The highest BCUT2D eigenvalue weighted by Crippen LogP contribution is 2.55. The Hall–Kier alpha value is -4.96. The molecule has 1 aliphatic carbocycles. The van der Waals surface area contributed by atoms with Gasteiger partial charge in [-0.15, -0.1) is 0 Å². The lowest BCUT2D eigenvalue weighted by molar-refractivity contribution is -0.164. The van der Waals surface area contributed by atoms with Crippen LogP contribution in [0.5, 0.6) is 5.75 Å². The van der Waals surface area contributed by atoms with Crippen molar-refractivity contribution in [2.75, 3.05) is 50.8 Å². The van der Waals surface area contributed by atoms with Gasteiger partial charge in [-0.1, -0.05) is 57.8 Å². The summed E-state index contributed by atoms with van der Waals surface area (Å²) in [4.78, 5) is 57.0. The molecule has 12 nitrogen and oxygen atoms in total. The number of benzene rings is 3. The van der Waals surface area contributed by atoms with E-state index in [0.29, 0.717) is 53.6 Å². The average molecular weight is 823 g/mol. The van der Waals surface area contributed by atoms with Crippen LogP contribution in [0.25, 0.3) is 0 Å². The summed E-state index contributed by atoms with van der Waals surface area (Å²) in [7, 11) is 0. The van der Waals surface area contributed by atoms with Gasteiger partial charge < -0.3 is 24.6 Å². The number of hydrogen-bond acceptors (Lipinski definition) is 9. The molecule has 1 atom stereocenters. The molecule has 0 spiro atoms. The van der Waals surface area contributed by atoms with Crippen LogP contribution >= 0.6 is 11.6 Å². The van der Waals surface area contributed by atoms with Crippen molar-refractivity contribution in [1.82, 2.24) is 20.4 Å². The lowest BCUT2D eigenvalue weighted by Crippen LogP contribution is -2.74. The highest BCUT2D eigenvalue weighted by atomic mass is 35.5. The third-order valence-electron chi connectivity index (χ3n) is 12.8. The molecule has 312 valence electrons. The van der Waals surface area contributed by atoms with E-state index in [1.807, 2.05) is 36.4 Å². The van der Waals surface area contributed by atoms with Crippen molar-refractivity contribution in [3.05, 3.63) is 93.5 Å². The van der Waals surface area contributed by atoms with Crippen molar-refractivity contribution in [2.24, 2.45) is 10.8 Å². The van der Waals surface area contributed by atoms with E-state index in [1.54, 1.807) is 23.1 Å². The molecule has 59 heavy (non-hydrogen) atoms. The number of piperazine rings is 1. The summed E-state index contributed by atoms with van der Waals surface area (Å²) in [5.41, 5.74) is 4.28. The summed E-state index contributed by atoms with van der Waals surface area (Å²) >= 11 is 6.25. The van der Waals surface area contributed by atoms with Gasteiger partial charge in [0.1, 0.15) is 24.0 Å². The van der Waals surface area contributed by atoms with Crippen molar-refractivity contribution in [3.63, 3.8) is 0 Å². The molecule has 3 heterocycles. The summed E-state index contributed by atoms with van der Waals surface area (Å²) in [5.74, 6) is -0.294. The van der Waals surface area contributed by atoms with Gasteiger partial charge in [-0.3, -0.25) is 29.4 Å². The fourth-order valence-corrected chi connectivity index (χ4v) is 9.95. The fraction of sp³-hybridized carbons (Fsp3) is 0.500. The minimum absolute atomic E-state index is 0.107. The largest absolute Gasteiger partial charge is 0.489 e. The van der Waals surface area contributed by atoms with Crippen LogP contribution in [0.1, 0.15) is 97.2 Å². The summed E-state index contributed by atoms with van der Waals surface area (Å²) in [6, 6.07) is 20.2. The Morgan fingerprint density at radius 1 is 0.949 bits per heavy atom. The van der Waals surface area contributed by atoms with Gasteiger partial charge >= 0.3 is 0 Å². The van der Waals surface area contributed by atoms with Gasteiger partial charge in [0.15, 0.2) is 0 Å². The molecule has 4 amide bonds. The molecule has 4 aliphatic rings. The molecule has 3 aromatic rings. The van der Waals surface area contributed by atoms with Gasteiger partial charge in [0.2, 0.25) is 11.8 Å². The zero-order valence-corrected chi connectivity index (χ0v) is 35.3. The highest BCUT2D eigenvalue weighted by molar-refractivity contribution is 6.31. The first-order valence-corrected chi connectivity index (χ1v) is 21.2. The summed E-state index contributed by atoms with van der Waals surface area (Å²) < 4.78 is 12.4. The molecule has 3 aliphatic heterocycles. The Morgan fingerprint density at radius 3 is 2.39 bits per heavy atom. The van der Waals surface area contributed by atoms with E-state index in [2.05, 4.69) is 60.3 Å². The van der Waals surface area contributed by atoms with Gasteiger partial charge in [0.05, 0.1) is 17.2 Å². The monoisotopic (exact) mass is 822 g/mol. The predicted octanol–water partition coefficient (Wildman–Crippen LogP) is 6.14. The molecule has 13 heteroatoms. The zero-order chi connectivity index (χ0) is 41.9. The van der Waals surface area contributed by atoms with Gasteiger partial charge in [0, 0.05) is 92.0 Å². The number of amides is 4. The predicted molar refractivity (Wildman–Crippen MR) is 225 cm³/mol. The van der Waals surface area contributed by atoms with Crippen LogP contribution in [0.15, 0.2) is 60.7 Å². The van der Waals surface area contributed by atoms with E-state index >= 15 is 0 Å². The maximum atomic E-state index is 13.4. The molecule has 0 bridgehead atoms. The molecule has 2 N–H and O–H groups in total. The van der Waals surface area contributed by atoms with E-state index in [0.717, 1.165) is 75.2 Å². The zero-order valence-electron chi connectivity index (χ0n) is 34.5. The maximum absolute atomic E-state index is 13.4. The van der Waals surface area contributed by atoms with Crippen molar-refractivity contribution in [2.45, 2.75) is 91.0 Å². The number of nitrogens with one attached hydrogen (secondary N) is 2. The van der Waals surface area contributed by atoms with E-state index in [1.165, 1.54) is 0 Å². The molecule has 7 rings (SSSR count). The number of halogens is 1. The number of imide groups is 1. The van der Waals surface area contributed by atoms with Crippen LogP contribution in [-0.4, -0.2) is 97.6 Å². The van der Waals surface area contributed by atoms with E-state index in [9.17, 15) is 24.4 Å². The number of anilines is 1. The molecule has 1 saturated carbocycles. The Balaban J connectivity index is 0.778. The number of nitrogens with zero attached hydrogens (tertiary/aromatic N) is 4. The van der Waals surface area contributed by atoms with Gasteiger partial charge in [-0.25, -0.2) is 0 Å². The number of rotatable bonds is 15. The first-order valence-electron chi connectivity index (χ1n) is 20.9. The Morgan fingerprint density at radius 2 is 1.69 bits per heavy atom. The van der Waals surface area contributed by atoms with E-state index in [-0.39, 0.29) is 53.0 Å². The van der Waals surface area contributed by atoms with Crippen LogP contribution in [0.2, 0.25) is 5.02 Å². The summed E-state index contributed by atoms with van der Waals surface area (Å²) in [6.07, 6.45) is 4.30. The van der Waals surface area contributed by atoms with Crippen molar-refractivity contribution >= 4 is 40.9 Å². The Labute approximate surface area is 352 Å². The number of carbonyl (C=O) groups excluding carboxylic acids is 4. The molecular formula is C46H55ClN6O6. The third-order valence-corrected chi connectivity index (χ3v) is 13.1. The molecule has 0 radical (unpaired) electrons. The van der Waals surface area contributed by atoms with Crippen LogP contribution in [0.4, 0.5) is 5.69 Å². The molecule has 3 aromatic carbocycles. The smallest absolute Gasteiger partial charge is 0.255 e. The quantitative estimate of drug-likeness (QED) is 0.137. The number of piperidine rings is 1. The maximum Gasteiger partial charge on any atom is 0.255 e. The second kappa shape index (κ2) is 17.7. The van der Waals surface area contributed by atoms with Crippen molar-refractivity contribution < 1.29 is 28.7 Å². The number of nitriles is 1. The molecule has 0 aromatic heterocycles. The first-order chi connectivity index (χ1) is 28.3. The topological polar surface area (TPSA) is 144 Å². The minimum Gasteiger partial charge on any atom is -0.489 e. The summed E-state index contributed by atoms with van der Waals surface area (Å²) in [6.45, 7) is 14.8. The standard InChI is InChI=1S/C46H55ClN6O6/c1-45(2)43(46(3,4)44(45)59-34-17-14-32(28-48)37(47)27-34)50-40(55)31-12-15-33(16-13-31)52-22-20-51(21-23-52)24-26-58-25-7-5-6-9-30-10-8-11-35-36(30)29-53(42(35)57)38-18-19-39(54)49-41(38)56/h8,10-17,27,38,43-44H,5-7,9,18-26,29H2,1-4H3,(H,50,55)(H,49,54,56)/t38-,43-,44-/m0/s1. The van der Waals surface area contributed by atoms with Crippen molar-refractivity contribution in [3.8, 4) is 11.8 Å². The van der Waals surface area contributed by atoms with Crippen LogP contribution in [0.3, 0.4) is 0 Å². The van der Waals surface area contributed by atoms with Crippen LogP contribution in [-0.2, 0) is 27.3 Å². The van der Waals surface area contributed by atoms with Crippen LogP contribution in [0, 0.1) is 22.2 Å². The lowest BCUT2D eigenvalue weighted by Gasteiger charge is -2.63.